The lowest BCUT2D eigenvalue weighted by atomic mass is 9.97. The molecular weight excluding hydrogens is 440 g/mol. The Morgan fingerprint density at radius 2 is 2.00 bits per heavy atom. The average molecular weight is 465 g/mol. The van der Waals surface area contributed by atoms with Crippen molar-refractivity contribution in [2.45, 2.75) is 24.7 Å². The second kappa shape index (κ2) is 10.5. The predicted molar refractivity (Wildman–Crippen MR) is 124 cm³/mol. The highest BCUT2D eigenvalue weighted by Crippen LogP contribution is 2.36. The Bertz CT molecular complexity index is 1100. The Kier molecular flexibility index (Phi) is 7.29. The topological polar surface area (TPSA) is 112 Å². The van der Waals surface area contributed by atoms with Crippen LogP contribution in [0.25, 0.3) is 0 Å². The van der Waals surface area contributed by atoms with Crippen LogP contribution in [0, 0.1) is 17.2 Å². The highest BCUT2D eigenvalue weighted by molar-refractivity contribution is 8.03. The maximum Gasteiger partial charge on any atom is 0.257 e. The van der Waals surface area contributed by atoms with E-state index in [-0.39, 0.29) is 17.2 Å². The van der Waals surface area contributed by atoms with Gasteiger partial charge in [0.15, 0.2) is 6.17 Å². The van der Waals surface area contributed by atoms with E-state index in [9.17, 15) is 9.59 Å². The standard InChI is InChI=1S/C24H24N4O4S/c1-31-19-4-2-3-17(9-19)11-26-23(30)21-27-22(29)20-18(14-33-24(20)28-21)13-32-12-16-7-5-15(10-25)6-8-16/h2-9,14,20-21,24,28H,11-13H2,1H3,(H,26,30)(H,27,29). The van der Waals surface area contributed by atoms with Gasteiger partial charge in [0.25, 0.3) is 5.91 Å². The van der Waals surface area contributed by atoms with Gasteiger partial charge >= 0.3 is 0 Å². The zero-order chi connectivity index (χ0) is 23.2. The van der Waals surface area contributed by atoms with Gasteiger partial charge in [0.2, 0.25) is 5.91 Å². The molecule has 1 fully saturated rings. The molecule has 3 N–H and O–H groups in total. The monoisotopic (exact) mass is 464 g/mol. The average Bonchev–Trinajstić information content (AvgIpc) is 3.26. The molecule has 0 bridgehead atoms. The second-order valence-corrected chi connectivity index (χ2v) is 8.72. The number of fused-ring (bicyclic) bond motifs is 1. The van der Waals surface area contributed by atoms with Gasteiger partial charge in [0.05, 0.1) is 43.2 Å². The van der Waals surface area contributed by atoms with Gasteiger partial charge in [0, 0.05) is 6.54 Å². The number of nitrogens with one attached hydrogen (secondary N) is 3. The van der Waals surface area contributed by atoms with Crippen molar-refractivity contribution in [1.29, 1.82) is 5.26 Å². The van der Waals surface area contributed by atoms with Crippen LogP contribution in [-0.2, 0) is 27.5 Å². The van der Waals surface area contributed by atoms with Crippen LogP contribution in [0.15, 0.2) is 59.5 Å². The van der Waals surface area contributed by atoms with E-state index in [0.29, 0.717) is 25.3 Å². The molecule has 2 aliphatic rings. The van der Waals surface area contributed by atoms with E-state index >= 15 is 0 Å². The van der Waals surface area contributed by atoms with Gasteiger partial charge in [-0.05, 0) is 46.4 Å². The van der Waals surface area contributed by atoms with Gasteiger partial charge < -0.3 is 20.1 Å². The summed E-state index contributed by atoms with van der Waals surface area (Å²) in [7, 11) is 1.59. The number of carbonyl (C=O) groups is 2. The second-order valence-electron chi connectivity index (χ2n) is 7.71. The summed E-state index contributed by atoms with van der Waals surface area (Å²) >= 11 is 1.48. The molecule has 0 aromatic heterocycles. The minimum Gasteiger partial charge on any atom is -0.497 e. The summed E-state index contributed by atoms with van der Waals surface area (Å²) < 4.78 is 11.0. The van der Waals surface area contributed by atoms with Crippen molar-refractivity contribution in [2.75, 3.05) is 13.7 Å². The van der Waals surface area contributed by atoms with Crippen LogP contribution in [0.1, 0.15) is 16.7 Å². The van der Waals surface area contributed by atoms with Gasteiger partial charge in [-0.25, -0.2) is 0 Å². The minimum atomic E-state index is -0.802. The number of ether oxygens (including phenoxy) is 2. The lowest BCUT2D eigenvalue weighted by Crippen LogP contribution is -2.64. The molecule has 2 aliphatic heterocycles. The molecule has 2 amide bonds. The number of hydrogen-bond donors (Lipinski definition) is 3. The van der Waals surface area contributed by atoms with Crippen molar-refractivity contribution in [2.24, 2.45) is 5.92 Å². The Balaban J connectivity index is 1.26. The smallest absolute Gasteiger partial charge is 0.257 e. The maximum atomic E-state index is 12.8. The Hall–Kier alpha value is -3.32. The third-order valence-electron chi connectivity index (χ3n) is 5.45. The number of methoxy groups -OCH3 is 1. The summed E-state index contributed by atoms with van der Waals surface area (Å²) in [5.74, 6) is -0.163. The van der Waals surface area contributed by atoms with Crippen LogP contribution >= 0.6 is 11.8 Å². The van der Waals surface area contributed by atoms with Gasteiger partial charge in [-0.15, -0.1) is 11.8 Å². The van der Waals surface area contributed by atoms with Gasteiger partial charge in [-0.3, -0.25) is 14.9 Å². The van der Waals surface area contributed by atoms with Gasteiger partial charge in [0.1, 0.15) is 5.75 Å². The molecule has 0 radical (unpaired) electrons. The third kappa shape index (κ3) is 5.54. The first-order chi connectivity index (χ1) is 16.1. The van der Waals surface area contributed by atoms with Crippen LogP contribution in [0.4, 0.5) is 0 Å². The first-order valence-corrected chi connectivity index (χ1v) is 11.4. The molecule has 3 unspecified atom stereocenters. The molecule has 33 heavy (non-hydrogen) atoms. The molecule has 0 saturated carbocycles. The molecule has 2 aromatic rings. The molecule has 2 aromatic carbocycles. The molecule has 4 rings (SSSR count). The van der Waals surface area contributed by atoms with Crippen molar-refractivity contribution in [3.05, 3.63) is 76.2 Å². The summed E-state index contributed by atoms with van der Waals surface area (Å²) in [6.45, 7) is 1.03. The van der Waals surface area contributed by atoms with Crippen molar-refractivity contribution in [3.63, 3.8) is 0 Å². The fourth-order valence-electron chi connectivity index (χ4n) is 3.69. The highest BCUT2D eigenvalue weighted by Gasteiger charge is 2.43. The molecule has 9 heteroatoms. The number of nitrogens with zero attached hydrogens (tertiary/aromatic N) is 1. The molecule has 0 aliphatic carbocycles. The van der Waals surface area contributed by atoms with E-state index in [2.05, 4.69) is 22.0 Å². The van der Waals surface area contributed by atoms with Crippen molar-refractivity contribution in [1.82, 2.24) is 16.0 Å². The first kappa shape index (κ1) is 22.9. The number of hydrogen-bond acceptors (Lipinski definition) is 7. The largest absolute Gasteiger partial charge is 0.497 e. The molecule has 3 atom stereocenters. The summed E-state index contributed by atoms with van der Waals surface area (Å²) in [4.78, 5) is 25.4. The zero-order valence-corrected chi connectivity index (χ0v) is 18.9. The van der Waals surface area contributed by atoms with Crippen molar-refractivity contribution in [3.8, 4) is 11.8 Å². The fourth-order valence-corrected chi connectivity index (χ4v) is 4.89. The summed E-state index contributed by atoms with van der Waals surface area (Å²) in [6, 6.07) is 16.7. The molecule has 8 nitrogen and oxygen atoms in total. The van der Waals surface area contributed by atoms with E-state index < -0.39 is 12.1 Å². The van der Waals surface area contributed by atoms with Gasteiger partial charge in [-0.1, -0.05) is 24.3 Å². The molecular formula is C24H24N4O4S. The quantitative estimate of drug-likeness (QED) is 0.548. The number of benzene rings is 2. The maximum absolute atomic E-state index is 12.8. The van der Waals surface area contributed by atoms with Crippen LogP contribution in [0.3, 0.4) is 0 Å². The Labute approximate surface area is 196 Å². The summed E-state index contributed by atoms with van der Waals surface area (Å²) in [5.41, 5.74) is 3.33. The zero-order valence-electron chi connectivity index (χ0n) is 18.0. The van der Waals surface area contributed by atoms with Crippen molar-refractivity contribution >= 4 is 23.6 Å². The molecule has 0 spiro atoms. The highest BCUT2D eigenvalue weighted by atomic mass is 32.2. The van der Waals surface area contributed by atoms with Gasteiger partial charge in [-0.2, -0.15) is 5.26 Å². The number of thioether (sulfide) groups is 1. The van der Waals surface area contributed by atoms with Crippen LogP contribution in [0.2, 0.25) is 0 Å². The van der Waals surface area contributed by atoms with E-state index in [4.69, 9.17) is 14.7 Å². The Morgan fingerprint density at radius 1 is 1.18 bits per heavy atom. The first-order valence-electron chi connectivity index (χ1n) is 10.5. The van der Waals surface area contributed by atoms with Crippen LogP contribution < -0.4 is 20.7 Å². The van der Waals surface area contributed by atoms with E-state index in [1.54, 1.807) is 19.2 Å². The predicted octanol–water partition coefficient (Wildman–Crippen LogP) is 2.02. The van der Waals surface area contributed by atoms with E-state index in [0.717, 1.165) is 22.4 Å². The normalized spacial score (nSPS) is 21.4. The number of rotatable bonds is 8. The molecule has 170 valence electrons. The Morgan fingerprint density at radius 3 is 2.76 bits per heavy atom. The lowest BCUT2D eigenvalue weighted by Gasteiger charge is -2.33. The van der Waals surface area contributed by atoms with E-state index in [1.807, 2.05) is 41.8 Å². The lowest BCUT2D eigenvalue weighted by molar-refractivity contribution is -0.134. The third-order valence-corrected chi connectivity index (χ3v) is 6.59. The SMILES string of the molecule is COc1cccc(CNC(=O)C2NC(=O)C3C(COCc4ccc(C#N)cc4)=CSC3N2)c1. The van der Waals surface area contributed by atoms with Crippen molar-refractivity contribution < 1.29 is 19.1 Å². The number of amides is 2. The molecule has 2 heterocycles. The summed E-state index contributed by atoms with van der Waals surface area (Å²) in [5, 5.41) is 19.4. The van der Waals surface area contributed by atoms with E-state index in [1.165, 1.54) is 11.8 Å². The fraction of sp³-hybridized carbons (Fsp3) is 0.292. The number of carbonyl (C=O) groups excluding carboxylic acids is 2. The molecule has 1 saturated heterocycles. The summed E-state index contributed by atoms with van der Waals surface area (Å²) in [6.07, 6.45) is -0.802. The number of nitriles is 1. The van der Waals surface area contributed by atoms with Crippen LogP contribution in [-0.4, -0.2) is 37.1 Å². The minimum absolute atomic E-state index is 0.196. The van der Waals surface area contributed by atoms with Crippen LogP contribution in [0.5, 0.6) is 5.75 Å².